The first-order chi connectivity index (χ1) is 18.4. The highest BCUT2D eigenvalue weighted by atomic mass is 32.1. The van der Waals surface area contributed by atoms with Crippen LogP contribution < -0.4 is 15.6 Å². The quantitative estimate of drug-likeness (QED) is 0.248. The van der Waals surface area contributed by atoms with E-state index in [0.717, 1.165) is 37.9 Å². The number of methoxy groups -OCH3 is 1. The lowest BCUT2D eigenvalue weighted by atomic mass is 10.1. The molecule has 0 radical (unpaired) electrons. The molecule has 1 N–H and O–H groups in total. The van der Waals surface area contributed by atoms with E-state index < -0.39 is 0 Å². The molecule has 4 rings (SSSR count). The van der Waals surface area contributed by atoms with Crippen molar-refractivity contribution in [2.75, 3.05) is 26.7 Å². The largest absolute Gasteiger partial charge is 0.494 e. The van der Waals surface area contributed by atoms with Crippen LogP contribution in [0.2, 0.25) is 0 Å². The van der Waals surface area contributed by atoms with Gasteiger partial charge in [0.2, 0.25) is 0 Å². The molecule has 2 aromatic heterocycles. The number of amides is 1. The van der Waals surface area contributed by atoms with Gasteiger partial charge in [-0.15, -0.1) is 11.3 Å². The Labute approximate surface area is 227 Å². The van der Waals surface area contributed by atoms with Gasteiger partial charge in [-0.25, -0.2) is 0 Å². The number of Topliss-reactive ketones (excluding diaryl/α,β-unsaturated/α-hetero) is 1. The van der Waals surface area contributed by atoms with Gasteiger partial charge in [-0.05, 0) is 45.5 Å². The summed E-state index contributed by atoms with van der Waals surface area (Å²) in [5.41, 5.74) is 0.841. The molecule has 0 fully saturated rings. The Balaban J connectivity index is 1.69. The molecular formula is C30H35N3O4S. The number of para-hydroxylation sites is 1. The van der Waals surface area contributed by atoms with Gasteiger partial charge in [-0.1, -0.05) is 62.4 Å². The number of hydrogen-bond acceptors (Lipinski definition) is 6. The first-order valence-electron chi connectivity index (χ1n) is 13.1. The molecule has 1 atom stereocenters. The Morgan fingerprint density at radius 3 is 2.42 bits per heavy atom. The van der Waals surface area contributed by atoms with Crippen molar-refractivity contribution < 1.29 is 14.3 Å². The molecule has 0 bridgehead atoms. The third-order valence-corrected chi connectivity index (χ3v) is 8.16. The first-order valence-corrected chi connectivity index (χ1v) is 13.9. The summed E-state index contributed by atoms with van der Waals surface area (Å²) < 4.78 is 7.83. The molecule has 7 nitrogen and oxygen atoms in total. The van der Waals surface area contributed by atoms with Crippen LogP contribution in [-0.4, -0.2) is 53.9 Å². The zero-order valence-corrected chi connectivity index (χ0v) is 23.3. The van der Waals surface area contributed by atoms with Gasteiger partial charge in [0.25, 0.3) is 11.5 Å². The van der Waals surface area contributed by atoms with Gasteiger partial charge >= 0.3 is 0 Å². The van der Waals surface area contributed by atoms with Gasteiger partial charge in [0.05, 0.1) is 23.9 Å². The molecule has 1 unspecified atom stereocenters. The predicted octanol–water partition coefficient (Wildman–Crippen LogP) is 5.35. The maximum atomic E-state index is 13.8. The third-order valence-electron chi connectivity index (χ3n) is 6.95. The fraction of sp³-hybridized carbons (Fsp3) is 0.367. The minimum Gasteiger partial charge on any atom is -0.494 e. The zero-order valence-electron chi connectivity index (χ0n) is 22.5. The van der Waals surface area contributed by atoms with Crippen molar-refractivity contribution >= 4 is 44.0 Å². The summed E-state index contributed by atoms with van der Waals surface area (Å²) in [5.74, 6) is -0.161. The molecule has 2 aromatic carbocycles. The molecule has 0 saturated carbocycles. The maximum Gasteiger partial charge on any atom is 0.265 e. The lowest BCUT2D eigenvalue weighted by Gasteiger charge is -2.19. The number of benzene rings is 2. The second-order valence-electron chi connectivity index (χ2n) is 9.41. The van der Waals surface area contributed by atoms with E-state index in [9.17, 15) is 14.4 Å². The molecule has 8 heteroatoms. The van der Waals surface area contributed by atoms with Crippen LogP contribution >= 0.6 is 11.3 Å². The summed E-state index contributed by atoms with van der Waals surface area (Å²) in [6, 6.07) is 16.4. The molecule has 1 amide bonds. The molecule has 0 aliphatic rings. The summed E-state index contributed by atoms with van der Waals surface area (Å²) in [4.78, 5) is 42.9. The van der Waals surface area contributed by atoms with Crippen LogP contribution in [0.1, 0.15) is 53.6 Å². The van der Waals surface area contributed by atoms with E-state index in [2.05, 4.69) is 24.1 Å². The van der Waals surface area contributed by atoms with Gasteiger partial charge in [0, 0.05) is 17.0 Å². The van der Waals surface area contributed by atoms with Gasteiger partial charge in [0.1, 0.15) is 10.3 Å². The summed E-state index contributed by atoms with van der Waals surface area (Å²) in [5, 5.41) is 4.22. The molecule has 2 heterocycles. The number of pyridine rings is 1. The number of ether oxygens (including phenoxy) is 1. The van der Waals surface area contributed by atoms with Crippen molar-refractivity contribution in [3.05, 3.63) is 75.4 Å². The average Bonchev–Trinajstić information content (AvgIpc) is 3.34. The Morgan fingerprint density at radius 2 is 1.74 bits per heavy atom. The van der Waals surface area contributed by atoms with Gasteiger partial charge in [-0.2, -0.15) is 0 Å². The van der Waals surface area contributed by atoms with Crippen LogP contribution in [0.25, 0.3) is 21.0 Å². The number of nitrogens with one attached hydrogen (secondary N) is 1. The lowest BCUT2D eigenvalue weighted by molar-refractivity contribution is 0.0936. The van der Waals surface area contributed by atoms with Crippen molar-refractivity contribution in [2.24, 2.45) is 0 Å². The topological polar surface area (TPSA) is 80.6 Å². The van der Waals surface area contributed by atoms with Crippen LogP contribution in [-0.2, 0) is 6.54 Å². The standard InChI is InChI=1S/C30H35N3O4S/c1-5-32(6-2)18-12-13-20(3)31-29(35)28-26(37-4)25-27(38-28)22-16-10-11-17-23(22)33(30(25)36)19-24(34)21-14-8-7-9-15-21/h7-11,14-17,20H,5-6,12-13,18-19H2,1-4H3,(H,31,35). The van der Waals surface area contributed by atoms with Crippen molar-refractivity contribution in [1.29, 1.82) is 0 Å². The van der Waals surface area contributed by atoms with E-state index in [0.29, 0.717) is 26.0 Å². The number of fused-ring (bicyclic) bond motifs is 3. The minimum absolute atomic E-state index is 0.0233. The summed E-state index contributed by atoms with van der Waals surface area (Å²) in [7, 11) is 1.47. The van der Waals surface area contributed by atoms with Crippen LogP contribution in [0, 0.1) is 0 Å². The number of ketones is 1. The highest BCUT2D eigenvalue weighted by molar-refractivity contribution is 7.22. The zero-order chi connectivity index (χ0) is 27.2. The fourth-order valence-electron chi connectivity index (χ4n) is 4.83. The predicted molar refractivity (Wildman–Crippen MR) is 155 cm³/mol. The SMILES string of the molecule is CCN(CC)CCCC(C)NC(=O)c1sc2c(c1OC)c(=O)n(CC(=O)c1ccccc1)c1ccccc21. The number of thiophene rings is 1. The monoisotopic (exact) mass is 533 g/mol. The van der Waals surface area contributed by atoms with E-state index in [1.165, 1.54) is 23.0 Å². The fourth-order valence-corrected chi connectivity index (χ4v) is 6.03. The highest BCUT2D eigenvalue weighted by Gasteiger charge is 2.26. The number of carbonyl (C=O) groups excluding carboxylic acids is 2. The molecule has 0 spiro atoms. The van der Waals surface area contributed by atoms with Gasteiger partial charge in [0.15, 0.2) is 11.5 Å². The second kappa shape index (κ2) is 12.4. The van der Waals surface area contributed by atoms with Crippen LogP contribution in [0.15, 0.2) is 59.4 Å². The van der Waals surface area contributed by atoms with Crippen LogP contribution in [0.3, 0.4) is 0 Å². The van der Waals surface area contributed by atoms with Crippen LogP contribution in [0.5, 0.6) is 5.75 Å². The number of carbonyl (C=O) groups is 2. The van der Waals surface area contributed by atoms with Crippen molar-refractivity contribution in [3.8, 4) is 5.75 Å². The Morgan fingerprint density at radius 1 is 1.05 bits per heavy atom. The first kappa shape index (κ1) is 27.5. The molecule has 0 aliphatic carbocycles. The van der Waals surface area contributed by atoms with Crippen molar-refractivity contribution in [2.45, 2.75) is 46.2 Å². The number of aromatic nitrogens is 1. The Hall–Kier alpha value is -3.49. The average molecular weight is 534 g/mol. The molecular weight excluding hydrogens is 498 g/mol. The van der Waals surface area contributed by atoms with E-state index in [-0.39, 0.29) is 35.6 Å². The number of rotatable bonds is 12. The Bertz CT molecular complexity index is 1490. The van der Waals surface area contributed by atoms with E-state index in [4.69, 9.17) is 4.74 Å². The normalized spacial score (nSPS) is 12.2. The second-order valence-corrected chi connectivity index (χ2v) is 10.4. The van der Waals surface area contributed by atoms with Gasteiger partial charge < -0.3 is 15.0 Å². The Kier molecular flexibility index (Phi) is 8.97. The van der Waals surface area contributed by atoms with E-state index in [1.54, 1.807) is 24.3 Å². The summed E-state index contributed by atoms with van der Waals surface area (Å²) in [6.45, 7) is 9.21. The molecule has 4 aromatic rings. The van der Waals surface area contributed by atoms with E-state index >= 15 is 0 Å². The van der Waals surface area contributed by atoms with Crippen molar-refractivity contribution in [3.63, 3.8) is 0 Å². The van der Waals surface area contributed by atoms with Crippen LogP contribution in [0.4, 0.5) is 0 Å². The molecule has 200 valence electrons. The smallest absolute Gasteiger partial charge is 0.265 e. The van der Waals surface area contributed by atoms with Gasteiger partial charge in [-0.3, -0.25) is 19.0 Å². The molecule has 0 aliphatic heterocycles. The molecule has 38 heavy (non-hydrogen) atoms. The summed E-state index contributed by atoms with van der Waals surface area (Å²) in [6.07, 6.45) is 1.84. The number of hydrogen-bond donors (Lipinski definition) is 1. The lowest BCUT2D eigenvalue weighted by Crippen LogP contribution is -2.33. The minimum atomic E-state index is -0.345. The maximum absolute atomic E-state index is 13.8. The van der Waals surface area contributed by atoms with E-state index in [1.807, 2.05) is 37.3 Å². The highest BCUT2D eigenvalue weighted by Crippen LogP contribution is 2.39. The molecule has 0 saturated heterocycles. The summed E-state index contributed by atoms with van der Waals surface area (Å²) >= 11 is 1.26. The number of nitrogens with zero attached hydrogens (tertiary/aromatic N) is 2. The third kappa shape index (κ3) is 5.66. The van der Waals surface area contributed by atoms with Crippen molar-refractivity contribution in [1.82, 2.24) is 14.8 Å².